The van der Waals surface area contributed by atoms with Crippen LogP contribution in [0.3, 0.4) is 0 Å². The standard InChI is InChI=1S/C30H32N6O3/c1-30(2)18-31-14-15-36(30)29(39)23-17-25(20-9-11-22(37)12-10-20)32-27-26(23)24(33-34-27)13-8-19-6-5-7-21(16-19)28(38)35(3)4/h5-13,16-17,31,37H,14-15,18H2,1-4H3,(H,32,33,34). The Labute approximate surface area is 227 Å². The van der Waals surface area contributed by atoms with Crippen molar-refractivity contribution in [3.05, 3.63) is 77.0 Å². The lowest BCUT2D eigenvalue weighted by atomic mass is 9.97. The van der Waals surface area contributed by atoms with Crippen LogP contribution < -0.4 is 5.32 Å². The van der Waals surface area contributed by atoms with E-state index in [9.17, 15) is 14.7 Å². The lowest BCUT2D eigenvalue weighted by Crippen LogP contribution is -2.59. The maximum absolute atomic E-state index is 14.1. The molecule has 2 aromatic heterocycles. The van der Waals surface area contributed by atoms with Gasteiger partial charge in [0.1, 0.15) is 5.75 Å². The van der Waals surface area contributed by atoms with Crippen LogP contribution in [0.15, 0.2) is 54.6 Å². The summed E-state index contributed by atoms with van der Waals surface area (Å²) in [6.45, 7) is 6.09. The van der Waals surface area contributed by atoms with Gasteiger partial charge in [0.25, 0.3) is 11.8 Å². The molecule has 200 valence electrons. The first-order chi connectivity index (χ1) is 18.6. The monoisotopic (exact) mass is 524 g/mol. The van der Waals surface area contributed by atoms with E-state index in [2.05, 4.69) is 29.4 Å². The van der Waals surface area contributed by atoms with Crippen LogP contribution in [0.5, 0.6) is 5.75 Å². The van der Waals surface area contributed by atoms with E-state index in [1.807, 2.05) is 35.3 Å². The first-order valence-corrected chi connectivity index (χ1v) is 12.8. The number of benzene rings is 2. The molecule has 1 aliphatic heterocycles. The van der Waals surface area contributed by atoms with Crippen molar-refractivity contribution in [3.8, 4) is 17.0 Å². The van der Waals surface area contributed by atoms with E-state index in [0.29, 0.717) is 53.2 Å². The smallest absolute Gasteiger partial charge is 0.255 e. The molecule has 2 aromatic carbocycles. The van der Waals surface area contributed by atoms with Gasteiger partial charge < -0.3 is 20.2 Å². The van der Waals surface area contributed by atoms with Crippen molar-refractivity contribution in [3.63, 3.8) is 0 Å². The molecule has 0 bridgehead atoms. The van der Waals surface area contributed by atoms with E-state index in [-0.39, 0.29) is 23.1 Å². The topological polar surface area (TPSA) is 114 Å². The number of rotatable bonds is 5. The molecule has 0 radical (unpaired) electrons. The van der Waals surface area contributed by atoms with E-state index < -0.39 is 0 Å². The van der Waals surface area contributed by atoms with Gasteiger partial charge in [-0.05, 0) is 68.0 Å². The van der Waals surface area contributed by atoms with Gasteiger partial charge in [-0.15, -0.1) is 0 Å². The third kappa shape index (κ3) is 5.26. The van der Waals surface area contributed by atoms with Crippen LogP contribution in [-0.4, -0.2) is 81.2 Å². The molecule has 9 heteroatoms. The highest BCUT2D eigenvalue weighted by Crippen LogP contribution is 2.30. The Bertz CT molecular complexity index is 1570. The Balaban J connectivity index is 1.61. The molecule has 0 unspecified atom stereocenters. The molecule has 0 atom stereocenters. The zero-order chi connectivity index (χ0) is 27.7. The van der Waals surface area contributed by atoms with E-state index in [1.165, 1.54) is 4.90 Å². The van der Waals surface area contributed by atoms with Gasteiger partial charge in [0.05, 0.1) is 27.9 Å². The average molecular weight is 525 g/mol. The third-order valence-corrected chi connectivity index (χ3v) is 6.97. The fourth-order valence-electron chi connectivity index (χ4n) is 4.84. The number of carbonyl (C=O) groups excluding carboxylic acids is 2. The number of H-pyrrole nitrogens is 1. The van der Waals surface area contributed by atoms with Crippen molar-refractivity contribution < 1.29 is 14.7 Å². The number of amides is 2. The molecular formula is C30H32N6O3. The van der Waals surface area contributed by atoms with Gasteiger partial charge in [0, 0.05) is 44.9 Å². The minimum Gasteiger partial charge on any atom is -0.508 e. The fourth-order valence-corrected chi connectivity index (χ4v) is 4.84. The van der Waals surface area contributed by atoms with Gasteiger partial charge in [-0.25, -0.2) is 4.98 Å². The molecule has 5 rings (SSSR count). The molecule has 0 aliphatic carbocycles. The number of nitrogens with one attached hydrogen (secondary N) is 2. The first-order valence-electron chi connectivity index (χ1n) is 12.8. The third-order valence-electron chi connectivity index (χ3n) is 6.97. The van der Waals surface area contributed by atoms with Crippen LogP contribution in [0.25, 0.3) is 34.4 Å². The van der Waals surface area contributed by atoms with Gasteiger partial charge in [-0.3, -0.25) is 14.7 Å². The Morgan fingerprint density at radius 1 is 1.08 bits per heavy atom. The van der Waals surface area contributed by atoms with Gasteiger partial charge in [-0.1, -0.05) is 18.2 Å². The second-order valence-corrected chi connectivity index (χ2v) is 10.5. The largest absolute Gasteiger partial charge is 0.508 e. The van der Waals surface area contributed by atoms with Crippen LogP contribution in [0.4, 0.5) is 0 Å². The summed E-state index contributed by atoms with van der Waals surface area (Å²) in [5.41, 5.74) is 4.01. The minimum absolute atomic E-state index is 0.0760. The molecule has 2 amide bonds. The summed E-state index contributed by atoms with van der Waals surface area (Å²) >= 11 is 0. The number of fused-ring (bicyclic) bond motifs is 1. The van der Waals surface area contributed by atoms with E-state index in [1.54, 1.807) is 50.5 Å². The molecule has 4 aromatic rings. The number of phenols is 1. The lowest BCUT2D eigenvalue weighted by Gasteiger charge is -2.43. The summed E-state index contributed by atoms with van der Waals surface area (Å²) < 4.78 is 0. The number of aromatic amines is 1. The van der Waals surface area contributed by atoms with Gasteiger partial charge in [0.2, 0.25) is 0 Å². The number of nitrogens with zero attached hydrogens (tertiary/aromatic N) is 4. The Morgan fingerprint density at radius 3 is 2.56 bits per heavy atom. The second kappa shape index (κ2) is 10.3. The quantitative estimate of drug-likeness (QED) is 0.363. The number of aromatic nitrogens is 3. The van der Waals surface area contributed by atoms with Crippen molar-refractivity contribution in [1.29, 1.82) is 0 Å². The minimum atomic E-state index is -0.372. The zero-order valence-electron chi connectivity index (χ0n) is 22.5. The molecule has 9 nitrogen and oxygen atoms in total. The Morgan fingerprint density at radius 2 is 1.85 bits per heavy atom. The highest BCUT2D eigenvalue weighted by molar-refractivity contribution is 6.09. The van der Waals surface area contributed by atoms with E-state index >= 15 is 0 Å². The average Bonchev–Trinajstić information content (AvgIpc) is 3.34. The predicted octanol–water partition coefficient (Wildman–Crippen LogP) is 4.03. The molecule has 39 heavy (non-hydrogen) atoms. The molecule has 1 fully saturated rings. The number of pyridine rings is 1. The number of phenolic OH excluding ortho intramolecular Hbond substituents is 1. The normalized spacial score (nSPS) is 15.1. The van der Waals surface area contributed by atoms with Crippen molar-refractivity contribution >= 4 is 35.0 Å². The summed E-state index contributed by atoms with van der Waals surface area (Å²) in [6.07, 6.45) is 3.71. The molecular weight excluding hydrogens is 492 g/mol. The molecule has 3 heterocycles. The Kier molecular flexibility index (Phi) is 6.93. The lowest BCUT2D eigenvalue weighted by molar-refractivity contribution is 0.0479. The summed E-state index contributed by atoms with van der Waals surface area (Å²) in [7, 11) is 3.44. The number of carbonyl (C=O) groups is 2. The van der Waals surface area contributed by atoms with Crippen molar-refractivity contribution in [2.45, 2.75) is 19.4 Å². The molecule has 0 spiro atoms. The number of aromatic hydroxyl groups is 1. The maximum atomic E-state index is 14.1. The number of piperazine rings is 1. The number of hydrogen-bond acceptors (Lipinski definition) is 6. The SMILES string of the molecule is CN(C)C(=O)c1cccc(C=Cc2n[nH]c3nc(-c4ccc(O)cc4)cc(C(=O)N4CCNCC4(C)C)c23)c1. The summed E-state index contributed by atoms with van der Waals surface area (Å²) in [6, 6.07) is 15.9. The van der Waals surface area contributed by atoms with Gasteiger partial charge >= 0.3 is 0 Å². The van der Waals surface area contributed by atoms with Gasteiger partial charge in [0.15, 0.2) is 5.65 Å². The fraction of sp³-hybridized carbons (Fsp3) is 0.267. The molecule has 1 aliphatic rings. The van der Waals surface area contributed by atoms with E-state index in [4.69, 9.17) is 4.98 Å². The van der Waals surface area contributed by atoms with Crippen molar-refractivity contribution in [2.75, 3.05) is 33.7 Å². The van der Waals surface area contributed by atoms with Crippen molar-refractivity contribution in [1.82, 2.24) is 30.3 Å². The Hall–Kier alpha value is -4.50. The van der Waals surface area contributed by atoms with Crippen LogP contribution >= 0.6 is 0 Å². The van der Waals surface area contributed by atoms with Crippen LogP contribution in [-0.2, 0) is 0 Å². The first kappa shape index (κ1) is 26.1. The molecule has 3 N–H and O–H groups in total. The number of hydrogen-bond donors (Lipinski definition) is 3. The summed E-state index contributed by atoms with van der Waals surface area (Å²) in [5, 5.41) is 21.2. The van der Waals surface area contributed by atoms with Crippen LogP contribution in [0.1, 0.15) is 45.8 Å². The molecule has 1 saturated heterocycles. The predicted molar refractivity (Wildman–Crippen MR) is 152 cm³/mol. The van der Waals surface area contributed by atoms with E-state index in [0.717, 1.165) is 11.1 Å². The van der Waals surface area contributed by atoms with Crippen LogP contribution in [0, 0.1) is 0 Å². The molecule has 0 saturated carbocycles. The maximum Gasteiger partial charge on any atom is 0.255 e. The zero-order valence-corrected chi connectivity index (χ0v) is 22.5. The highest BCUT2D eigenvalue weighted by Gasteiger charge is 2.35. The highest BCUT2D eigenvalue weighted by atomic mass is 16.3. The summed E-state index contributed by atoms with van der Waals surface area (Å²) in [5.74, 6) is -0.0134. The summed E-state index contributed by atoms with van der Waals surface area (Å²) in [4.78, 5) is 34.7. The van der Waals surface area contributed by atoms with Gasteiger partial charge in [-0.2, -0.15) is 5.10 Å². The van der Waals surface area contributed by atoms with Crippen LogP contribution in [0.2, 0.25) is 0 Å². The van der Waals surface area contributed by atoms with Crippen molar-refractivity contribution in [2.24, 2.45) is 0 Å². The second-order valence-electron chi connectivity index (χ2n) is 10.5.